The summed E-state index contributed by atoms with van der Waals surface area (Å²) in [7, 11) is 0. The average molecular weight is 514 g/mol. The van der Waals surface area contributed by atoms with Gasteiger partial charge in [0.1, 0.15) is 24.6 Å². The Morgan fingerprint density at radius 3 is 2.54 bits per heavy atom. The Morgan fingerprint density at radius 2 is 1.97 bits per heavy atom. The Hall–Kier alpha value is -3.67. The maximum atomic E-state index is 13.4. The molecular formula is C28H30F3N3O3. The lowest BCUT2D eigenvalue weighted by atomic mass is 9.92. The Kier molecular flexibility index (Phi) is 7.39. The van der Waals surface area contributed by atoms with E-state index in [0.717, 1.165) is 48.3 Å². The summed E-state index contributed by atoms with van der Waals surface area (Å²) in [6.45, 7) is 4.98. The van der Waals surface area contributed by atoms with E-state index in [-0.39, 0.29) is 12.6 Å². The molecule has 1 amide bonds. The maximum Gasteiger partial charge on any atom is 0.412 e. The number of carbonyl (C=O) groups excluding carboxylic acids is 1. The van der Waals surface area contributed by atoms with Crippen molar-refractivity contribution >= 4 is 22.7 Å². The number of anilines is 1. The van der Waals surface area contributed by atoms with Crippen LogP contribution < -0.4 is 10.1 Å². The smallest absolute Gasteiger partial charge is 0.412 e. The Bertz CT molecular complexity index is 1350. The largest absolute Gasteiger partial charge is 0.490 e. The molecule has 196 valence electrons. The Morgan fingerprint density at radius 1 is 1.24 bits per heavy atom. The van der Waals surface area contributed by atoms with E-state index in [0.29, 0.717) is 29.5 Å². The zero-order valence-corrected chi connectivity index (χ0v) is 21.3. The van der Waals surface area contributed by atoms with Crippen LogP contribution in [0.5, 0.6) is 5.75 Å². The van der Waals surface area contributed by atoms with Crippen molar-refractivity contribution in [1.29, 1.82) is 5.26 Å². The fourth-order valence-electron chi connectivity index (χ4n) is 4.37. The van der Waals surface area contributed by atoms with Gasteiger partial charge in [-0.05, 0) is 75.4 Å². The van der Waals surface area contributed by atoms with Gasteiger partial charge >= 0.3 is 6.09 Å². The van der Waals surface area contributed by atoms with Gasteiger partial charge in [-0.15, -0.1) is 0 Å². The SMILES string of the molecule is Cc1cc(-c2c(C#N)c3ccc(OCC(C)F)cc3n2C2CCC2)ccc1NC(=O)OC(C)C(C)(F)F. The molecule has 2 atom stereocenters. The molecule has 0 aliphatic heterocycles. The first-order valence-corrected chi connectivity index (χ1v) is 12.3. The van der Waals surface area contributed by atoms with Crippen molar-refractivity contribution in [1.82, 2.24) is 4.57 Å². The van der Waals surface area contributed by atoms with Crippen molar-refractivity contribution in [3.63, 3.8) is 0 Å². The number of carbonyl (C=O) groups is 1. The number of rotatable bonds is 8. The number of alkyl halides is 3. The molecule has 37 heavy (non-hydrogen) atoms. The Labute approximate surface area is 214 Å². The third kappa shape index (κ3) is 5.53. The van der Waals surface area contributed by atoms with Crippen molar-refractivity contribution in [3.8, 4) is 23.1 Å². The fraction of sp³-hybridized carbons (Fsp3) is 0.429. The molecule has 4 rings (SSSR count). The number of amides is 1. The van der Waals surface area contributed by atoms with E-state index in [1.54, 1.807) is 25.1 Å². The van der Waals surface area contributed by atoms with Gasteiger partial charge < -0.3 is 14.0 Å². The minimum Gasteiger partial charge on any atom is -0.490 e. The monoisotopic (exact) mass is 513 g/mol. The molecule has 1 aliphatic rings. The molecule has 3 aromatic rings. The van der Waals surface area contributed by atoms with Gasteiger partial charge in [-0.25, -0.2) is 18.0 Å². The van der Waals surface area contributed by atoms with E-state index in [9.17, 15) is 23.2 Å². The number of nitrogens with one attached hydrogen (secondary N) is 1. The van der Waals surface area contributed by atoms with E-state index in [4.69, 9.17) is 9.47 Å². The maximum absolute atomic E-state index is 13.4. The fourth-order valence-corrected chi connectivity index (χ4v) is 4.37. The number of hydrogen-bond donors (Lipinski definition) is 1. The van der Waals surface area contributed by atoms with E-state index in [2.05, 4.69) is 16.0 Å². The zero-order chi connectivity index (χ0) is 26.9. The van der Waals surface area contributed by atoms with Crippen molar-refractivity contribution in [2.75, 3.05) is 11.9 Å². The first-order valence-electron chi connectivity index (χ1n) is 12.3. The number of aromatic nitrogens is 1. The highest BCUT2D eigenvalue weighted by atomic mass is 19.3. The lowest BCUT2D eigenvalue weighted by Gasteiger charge is -2.30. The van der Waals surface area contributed by atoms with Crippen LogP contribution in [0, 0.1) is 18.3 Å². The molecule has 1 heterocycles. The number of halogens is 3. The molecule has 0 bridgehead atoms. The molecule has 9 heteroatoms. The minimum absolute atomic E-state index is 0.0572. The van der Waals surface area contributed by atoms with Crippen molar-refractivity contribution in [2.45, 2.75) is 71.2 Å². The molecule has 1 fully saturated rings. The quantitative estimate of drug-likeness (QED) is 0.338. The Balaban J connectivity index is 1.72. The number of fused-ring (bicyclic) bond motifs is 1. The van der Waals surface area contributed by atoms with Gasteiger partial charge in [0.15, 0.2) is 6.10 Å². The zero-order valence-electron chi connectivity index (χ0n) is 21.3. The van der Waals surface area contributed by atoms with Crippen LogP contribution in [0.1, 0.15) is 57.2 Å². The number of nitriles is 1. The summed E-state index contributed by atoms with van der Waals surface area (Å²) >= 11 is 0. The van der Waals surface area contributed by atoms with Crippen LogP contribution in [0.4, 0.5) is 23.7 Å². The number of benzene rings is 2. The molecule has 1 aliphatic carbocycles. The lowest BCUT2D eigenvalue weighted by molar-refractivity contribution is -0.0856. The predicted molar refractivity (Wildman–Crippen MR) is 136 cm³/mol. The van der Waals surface area contributed by atoms with Crippen molar-refractivity contribution in [3.05, 3.63) is 47.5 Å². The van der Waals surface area contributed by atoms with Gasteiger partial charge in [0.25, 0.3) is 5.92 Å². The summed E-state index contributed by atoms with van der Waals surface area (Å²) in [5.41, 5.74) is 4.00. The third-order valence-electron chi connectivity index (χ3n) is 6.74. The molecule has 1 N–H and O–H groups in total. The number of ether oxygens (including phenoxy) is 2. The molecule has 1 saturated carbocycles. The van der Waals surface area contributed by atoms with Gasteiger partial charge in [0.05, 0.1) is 16.8 Å². The van der Waals surface area contributed by atoms with Crippen molar-refractivity contribution in [2.24, 2.45) is 0 Å². The van der Waals surface area contributed by atoms with Gasteiger partial charge in [0, 0.05) is 30.1 Å². The van der Waals surface area contributed by atoms with E-state index in [1.165, 1.54) is 6.92 Å². The molecule has 1 aromatic heterocycles. The molecule has 0 radical (unpaired) electrons. The third-order valence-corrected chi connectivity index (χ3v) is 6.74. The topological polar surface area (TPSA) is 76.3 Å². The first-order chi connectivity index (χ1) is 17.5. The molecule has 2 unspecified atom stereocenters. The van der Waals surface area contributed by atoms with E-state index >= 15 is 0 Å². The summed E-state index contributed by atoms with van der Waals surface area (Å²) in [4.78, 5) is 12.2. The summed E-state index contributed by atoms with van der Waals surface area (Å²) < 4.78 is 52.7. The van der Waals surface area contributed by atoms with Crippen LogP contribution >= 0.6 is 0 Å². The van der Waals surface area contributed by atoms with Crippen LogP contribution in [0.3, 0.4) is 0 Å². The molecule has 6 nitrogen and oxygen atoms in total. The summed E-state index contributed by atoms with van der Waals surface area (Å²) in [6, 6.07) is 13.3. The second-order valence-electron chi connectivity index (χ2n) is 9.72. The number of hydrogen-bond acceptors (Lipinski definition) is 4. The second-order valence-corrected chi connectivity index (χ2v) is 9.72. The van der Waals surface area contributed by atoms with E-state index in [1.807, 2.05) is 18.2 Å². The molecular weight excluding hydrogens is 483 g/mol. The van der Waals surface area contributed by atoms with Gasteiger partial charge in [-0.1, -0.05) is 6.07 Å². The minimum atomic E-state index is -3.16. The highest BCUT2D eigenvalue weighted by Crippen LogP contribution is 2.43. The van der Waals surface area contributed by atoms with Gasteiger partial charge in [-0.3, -0.25) is 5.32 Å². The van der Waals surface area contributed by atoms with E-state index < -0.39 is 24.3 Å². The average Bonchev–Trinajstić information content (AvgIpc) is 3.10. The van der Waals surface area contributed by atoms with Crippen LogP contribution in [0.15, 0.2) is 36.4 Å². The van der Waals surface area contributed by atoms with Crippen molar-refractivity contribution < 1.29 is 27.4 Å². The standard InChI is InChI=1S/C28H30F3N3O3/c1-16-12-19(8-11-24(16)33-27(35)37-18(3)28(4,30)31)26-23(14-32)22-10-9-21(36-15-17(2)29)13-25(22)34(26)20-6-5-7-20/h8-13,17-18,20H,5-7,15H2,1-4H3,(H,33,35). The molecule has 0 saturated heterocycles. The summed E-state index contributed by atoms with van der Waals surface area (Å²) in [5.74, 6) is -2.62. The lowest BCUT2D eigenvalue weighted by Crippen LogP contribution is -2.33. The summed E-state index contributed by atoms with van der Waals surface area (Å²) in [5, 5.41) is 13.4. The predicted octanol–water partition coefficient (Wildman–Crippen LogP) is 7.54. The van der Waals surface area contributed by atoms with Crippen LogP contribution in [0.2, 0.25) is 0 Å². The number of nitrogens with zero attached hydrogens (tertiary/aromatic N) is 2. The highest BCUT2D eigenvalue weighted by molar-refractivity contribution is 5.96. The molecule has 0 spiro atoms. The first kappa shape index (κ1) is 26.4. The highest BCUT2D eigenvalue weighted by Gasteiger charge is 2.33. The van der Waals surface area contributed by atoms with Gasteiger partial charge in [-0.2, -0.15) is 5.26 Å². The summed E-state index contributed by atoms with van der Waals surface area (Å²) in [6.07, 6.45) is -0.627. The second kappa shape index (κ2) is 10.4. The number of aryl methyl sites for hydroxylation is 1. The molecule has 2 aromatic carbocycles. The van der Waals surface area contributed by atoms with Crippen LogP contribution in [0.25, 0.3) is 22.2 Å². The van der Waals surface area contributed by atoms with Crippen LogP contribution in [-0.2, 0) is 4.74 Å². The normalized spacial score (nSPS) is 15.5. The van der Waals surface area contributed by atoms with Gasteiger partial charge in [0.2, 0.25) is 0 Å². The van der Waals surface area contributed by atoms with Crippen LogP contribution in [-0.4, -0.2) is 35.5 Å².